The van der Waals surface area contributed by atoms with Crippen LogP contribution < -0.4 is 5.32 Å². The van der Waals surface area contributed by atoms with Crippen LogP contribution >= 0.6 is 0 Å². The van der Waals surface area contributed by atoms with Crippen LogP contribution in [0.1, 0.15) is 52.9 Å². The lowest BCUT2D eigenvalue weighted by Crippen LogP contribution is -2.50. The van der Waals surface area contributed by atoms with Crippen molar-refractivity contribution in [2.24, 2.45) is 11.3 Å². The van der Waals surface area contributed by atoms with Crippen LogP contribution in [0.3, 0.4) is 0 Å². The lowest BCUT2D eigenvalue weighted by molar-refractivity contribution is 0.0638. The van der Waals surface area contributed by atoms with E-state index in [9.17, 15) is 0 Å². The van der Waals surface area contributed by atoms with E-state index in [1.54, 1.807) is 0 Å². The van der Waals surface area contributed by atoms with Gasteiger partial charge in [0, 0.05) is 31.2 Å². The fraction of sp³-hybridized carbons (Fsp3) is 1.00. The summed E-state index contributed by atoms with van der Waals surface area (Å²) >= 11 is 0. The van der Waals surface area contributed by atoms with E-state index in [0.29, 0.717) is 5.41 Å². The third kappa shape index (κ3) is 4.44. The first-order valence-corrected chi connectivity index (χ1v) is 8.68. The number of ether oxygens (including phenoxy) is 1. The summed E-state index contributed by atoms with van der Waals surface area (Å²) < 4.78 is 5.76. The van der Waals surface area contributed by atoms with Gasteiger partial charge in [-0.15, -0.1) is 0 Å². The van der Waals surface area contributed by atoms with Gasteiger partial charge in [-0.2, -0.15) is 0 Å². The lowest BCUT2D eigenvalue weighted by atomic mass is 9.84. The minimum absolute atomic E-state index is 0.361. The number of nitrogens with one attached hydrogen (secondary N) is 1. The Morgan fingerprint density at radius 2 is 2.20 bits per heavy atom. The third-order valence-electron chi connectivity index (χ3n) is 5.00. The quantitative estimate of drug-likeness (QED) is 0.777. The molecular formula is C17H34N2O. The van der Waals surface area contributed by atoms with Gasteiger partial charge in [0.15, 0.2) is 0 Å². The maximum atomic E-state index is 5.76. The standard InChI is InChI=1S/C17H34N2O/c1-4-16-7-5-6-9-19(16)13-17(8-10-20-14-17)12-18-11-15(2)3/h15-16,18H,4-14H2,1-3H3. The van der Waals surface area contributed by atoms with Crippen molar-refractivity contribution in [3.8, 4) is 0 Å². The minimum atomic E-state index is 0.361. The molecule has 0 radical (unpaired) electrons. The van der Waals surface area contributed by atoms with Gasteiger partial charge >= 0.3 is 0 Å². The van der Waals surface area contributed by atoms with Crippen molar-refractivity contribution >= 4 is 0 Å². The van der Waals surface area contributed by atoms with Crippen LogP contribution in [-0.2, 0) is 4.74 Å². The van der Waals surface area contributed by atoms with E-state index >= 15 is 0 Å². The second-order valence-electron chi connectivity index (χ2n) is 7.36. The molecule has 2 aliphatic heterocycles. The fourth-order valence-electron chi connectivity index (χ4n) is 3.76. The highest BCUT2D eigenvalue weighted by Crippen LogP contribution is 2.32. The van der Waals surface area contributed by atoms with Crippen molar-refractivity contribution < 1.29 is 4.74 Å². The molecule has 2 aliphatic rings. The maximum absolute atomic E-state index is 5.76. The molecule has 2 heterocycles. The molecule has 0 aliphatic carbocycles. The molecule has 0 aromatic carbocycles. The molecule has 118 valence electrons. The molecule has 2 atom stereocenters. The Kier molecular flexibility index (Phi) is 6.31. The Balaban J connectivity index is 1.90. The molecule has 2 rings (SSSR count). The van der Waals surface area contributed by atoms with Gasteiger partial charge in [-0.3, -0.25) is 4.90 Å². The number of rotatable bonds is 7. The van der Waals surface area contributed by atoms with Gasteiger partial charge in [-0.1, -0.05) is 27.2 Å². The summed E-state index contributed by atoms with van der Waals surface area (Å²) in [7, 11) is 0. The van der Waals surface area contributed by atoms with Crippen molar-refractivity contribution in [1.29, 1.82) is 0 Å². The van der Waals surface area contributed by atoms with Gasteiger partial charge in [0.05, 0.1) is 6.61 Å². The molecule has 3 heteroatoms. The first kappa shape index (κ1) is 16.3. The number of hydrogen-bond donors (Lipinski definition) is 1. The zero-order valence-electron chi connectivity index (χ0n) is 13.8. The minimum Gasteiger partial charge on any atom is -0.381 e. The van der Waals surface area contributed by atoms with Crippen molar-refractivity contribution in [2.75, 3.05) is 39.4 Å². The van der Waals surface area contributed by atoms with Gasteiger partial charge in [0.25, 0.3) is 0 Å². The molecule has 2 unspecified atom stereocenters. The summed E-state index contributed by atoms with van der Waals surface area (Å²) in [5.41, 5.74) is 0.361. The smallest absolute Gasteiger partial charge is 0.0547 e. The fourth-order valence-corrected chi connectivity index (χ4v) is 3.76. The molecule has 3 nitrogen and oxygen atoms in total. The highest BCUT2D eigenvalue weighted by atomic mass is 16.5. The lowest BCUT2D eigenvalue weighted by Gasteiger charge is -2.41. The van der Waals surface area contributed by atoms with Crippen LogP contribution in [0.5, 0.6) is 0 Å². The molecule has 0 amide bonds. The molecule has 2 saturated heterocycles. The van der Waals surface area contributed by atoms with Crippen LogP contribution in [-0.4, -0.2) is 50.3 Å². The SMILES string of the molecule is CCC1CCCCN1CC1(CNCC(C)C)CCOC1. The first-order valence-electron chi connectivity index (χ1n) is 8.68. The predicted molar refractivity (Wildman–Crippen MR) is 85.1 cm³/mol. The predicted octanol–water partition coefficient (Wildman–Crippen LogP) is 2.90. The molecule has 0 aromatic rings. The van der Waals surface area contributed by atoms with Gasteiger partial charge in [0.1, 0.15) is 0 Å². The molecule has 0 saturated carbocycles. The Morgan fingerprint density at radius 1 is 1.35 bits per heavy atom. The molecular weight excluding hydrogens is 248 g/mol. The summed E-state index contributed by atoms with van der Waals surface area (Å²) in [6, 6.07) is 0.811. The molecule has 2 fully saturated rings. The van der Waals surface area contributed by atoms with Crippen LogP contribution in [0.15, 0.2) is 0 Å². The highest BCUT2D eigenvalue weighted by molar-refractivity contribution is 4.91. The zero-order chi connectivity index (χ0) is 14.4. The molecule has 0 spiro atoms. The second-order valence-corrected chi connectivity index (χ2v) is 7.36. The number of likely N-dealkylation sites (tertiary alicyclic amines) is 1. The Hall–Kier alpha value is -0.120. The van der Waals surface area contributed by atoms with E-state index in [1.807, 2.05) is 0 Å². The van der Waals surface area contributed by atoms with E-state index in [4.69, 9.17) is 4.74 Å². The van der Waals surface area contributed by atoms with Crippen LogP contribution in [0, 0.1) is 11.3 Å². The van der Waals surface area contributed by atoms with E-state index in [0.717, 1.165) is 38.3 Å². The van der Waals surface area contributed by atoms with Crippen molar-refractivity contribution in [3.05, 3.63) is 0 Å². The van der Waals surface area contributed by atoms with E-state index < -0.39 is 0 Å². The first-order chi connectivity index (χ1) is 9.65. The summed E-state index contributed by atoms with van der Waals surface area (Å²) in [6.07, 6.45) is 6.73. The van der Waals surface area contributed by atoms with Crippen LogP contribution in [0.2, 0.25) is 0 Å². The molecule has 20 heavy (non-hydrogen) atoms. The largest absolute Gasteiger partial charge is 0.381 e. The Labute approximate surface area is 125 Å². The molecule has 0 bridgehead atoms. The van der Waals surface area contributed by atoms with Crippen molar-refractivity contribution in [1.82, 2.24) is 10.2 Å². The second kappa shape index (κ2) is 7.77. The average molecular weight is 282 g/mol. The van der Waals surface area contributed by atoms with Crippen molar-refractivity contribution in [2.45, 2.75) is 58.9 Å². The zero-order valence-corrected chi connectivity index (χ0v) is 13.8. The normalized spacial score (nSPS) is 32.1. The third-order valence-corrected chi connectivity index (χ3v) is 5.00. The van der Waals surface area contributed by atoms with Gasteiger partial charge in [0.2, 0.25) is 0 Å². The average Bonchev–Trinajstić information content (AvgIpc) is 2.87. The van der Waals surface area contributed by atoms with E-state index in [1.165, 1.54) is 45.2 Å². The highest BCUT2D eigenvalue weighted by Gasteiger charge is 2.38. The Morgan fingerprint density at radius 3 is 2.85 bits per heavy atom. The number of piperidine rings is 1. The van der Waals surface area contributed by atoms with E-state index in [-0.39, 0.29) is 0 Å². The van der Waals surface area contributed by atoms with Gasteiger partial charge in [-0.05, 0) is 44.7 Å². The maximum Gasteiger partial charge on any atom is 0.0547 e. The molecule has 0 aromatic heterocycles. The van der Waals surface area contributed by atoms with Crippen LogP contribution in [0.25, 0.3) is 0 Å². The summed E-state index contributed by atoms with van der Waals surface area (Å²) in [4.78, 5) is 2.76. The number of nitrogens with zero attached hydrogens (tertiary/aromatic N) is 1. The summed E-state index contributed by atoms with van der Waals surface area (Å²) in [6.45, 7) is 13.6. The van der Waals surface area contributed by atoms with Gasteiger partial charge < -0.3 is 10.1 Å². The monoisotopic (exact) mass is 282 g/mol. The van der Waals surface area contributed by atoms with E-state index in [2.05, 4.69) is 31.0 Å². The Bertz CT molecular complexity index is 274. The van der Waals surface area contributed by atoms with Crippen molar-refractivity contribution in [3.63, 3.8) is 0 Å². The molecule has 1 N–H and O–H groups in total. The topological polar surface area (TPSA) is 24.5 Å². The summed E-state index contributed by atoms with van der Waals surface area (Å²) in [5, 5.41) is 3.68. The van der Waals surface area contributed by atoms with Crippen LogP contribution in [0.4, 0.5) is 0 Å². The summed E-state index contributed by atoms with van der Waals surface area (Å²) in [5.74, 6) is 0.729. The number of hydrogen-bond acceptors (Lipinski definition) is 3. The van der Waals surface area contributed by atoms with Gasteiger partial charge in [-0.25, -0.2) is 0 Å².